The first kappa shape index (κ1) is 8.97. The molecule has 2 saturated heterocycles. The Morgan fingerprint density at radius 1 is 1.69 bits per heavy atom. The number of rotatable bonds is 2. The van der Waals surface area contributed by atoms with Crippen molar-refractivity contribution in [3.63, 3.8) is 0 Å². The number of carboxylic acid groups (broad SMARTS) is 1. The molecule has 2 heterocycles. The lowest BCUT2D eigenvalue weighted by atomic mass is 9.84. The number of aliphatic carboxylic acids is 1. The fraction of sp³-hybridized carbons (Fsp3) is 0.889. The van der Waals surface area contributed by atoms with Crippen molar-refractivity contribution in [3.05, 3.63) is 0 Å². The first-order valence-corrected chi connectivity index (χ1v) is 4.74. The molecule has 13 heavy (non-hydrogen) atoms. The Balaban J connectivity index is 1.89. The van der Waals surface area contributed by atoms with Gasteiger partial charge in [0, 0.05) is 12.0 Å². The van der Waals surface area contributed by atoms with Crippen LogP contribution >= 0.6 is 0 Å². The van der Waals surface area contributed by atoms with Gasteiger partial charge in [-0.05, 0) is 19.4 Å². The SMILES string of the molecule is O=C(O)C[C@@H]1C[C@@]2(CCNC2)CO1. The van der Waals surface area contributed by atoms with Crippen molar-refractivity contribution in [2.45, 2.75) is 25.4 Å². The predicted molar refractivity (Wildman–Crippen MR) is 46.5 cm³/mol. The summed E-state index contributed by atoms with van der Waals surface area (Å²) in [6.45, 7) is 2.77. The van der Waals surface area contributed by atoms with Gasteiger partial charge in [0.2, 0.25) is 0 Å². The van der Waals surface area contributed by atoms with Crippen LogP contribution in [0.1, 0.15) is 19.3 Å². The van der Waals surface area contributed by atoms with Crippen LogP contribution in [0.25, 0.3) is 0 Å². The van der Waals surface area contributed by atoms with Crippen LogP contribution in [0.15, 0.2) is 0 Å². The molecule has 0 aromatic heterocycles. The molecule has 0 aliphatic carbocycles. The molecule has 2 aliphatic rings. The fourth-order valence-corrected chi connectivity index (χ4v) is 2.31. The lowest BCUT2D eigenvalue weighted by Gasteiger charge is -2.18. The summed E-state index contributed by atoms with van der Waals surface area (Å²) >= 11 is 0. The lowest BCUT2D eigenvalue weighted by Crippen LogP contribution is -2.24. The molecule has 0 radical (unpaired) electrons. The highest BCUT2D eigenvalue weighted by Crippen LogP contribution is 2.38. The molecule has 0 bridgehead atoms. The Kier molecular flexibility index (Phi) is 2.26. The van der Waals surface area contributed by atoms with Crippen molar-refractivity contribution in [1.29, 1.82) is 0 Å². The van der Waals surface area contributed by atoms with Gasteiger partial charge in [0.1, 0.15) is 0 Å². The molecule has 2 atom stereocenters. The highest BCUT2D eigenvalue weighted by molar-refractivity contribution is 5.67. The second-order valence-corrected chi connectivity index (χ2v) is 4.16. The van der Waals surface area contributed by atoms with Crippen molar-refractivity contribution in [3.8, 4) is 0 Å². The molecule has 2 N–H and O–H groups in total. The smallest absolute Gasteiger partial charge is 0.305 e. The van der Waals surface area contributed by atoms with E-state index < -0.39 is 5.97 Å². The van der Waals surface area contributed by atoms with Crippen molar-refractivity contribution >= 4 is 5.97 Å². The van der Waals surface area contributed by atoms with Gasteiger partial charge in [-0.15, -0.1) is 0 Å². The second kappa shape index (κ2) is 3.27. The molecule has 74 valence electrons. The van der Waals surface area contributed by atoms with Gasteiger partial charge in [-0.1, -0.05) is 0 Å². The number of carbonyl (C=O) groups is 1. The van der Waals surface area contributed by atoms with Gasteiger partial charge in [-0.2, -0.15) is 0 Å². The predicted octanol–water partition coefficient (Wildman–Crippen LogP) is 0.230. The van der Waals surface area contributed by atoms with Gasteiger partial charge in [-0.25, -0.2) is 0 Å². The molecular weight excluding hydrogens is 170 g/mol. The third-order valence-electron chi connectivity index (χ3n) is 3.02. The van der Waals surface area contributed by atoms with Gasteiger partial charge >= 0.3 is 5.97 Å². The summed E-state index contributed by atoms with van der Waals surface area (Å²) in [5.41, 5.74) is 0.250. The van der Waals surface area contributed by atoms with E-state index in [4.69, 9.17) is 9.84 Å². The number of hydrogen-bond acceptors (Lipinski definition) is 3. The number of hydrogen-bond donors (Lipinski definition) is 2. The minimum atomic E-state index is -0.756. The van der Waals surface area contributed by atoms with Crippen LogP contribution in [-0.4, -0.2) is 36.9 Å². The van der Waals surface area contributed by atoms with Crippen LogP contribution in [0.5, 0.6) is 0 Å². The summed E-state index contributed by atoms with van der Waals surface area (Å²) in [5.74, 6) is -0.756. The Morgan fingerprint density at radius 3 is 3.15 bits per heavy atom. The van der Waals surface area contributed by atoms with E-state index in [1.165, 1.54) is 0 Å². The van der Waals surface area contributed by atoms with Crippen LogP contribution in [0.3, 0.4) is 0 Å². The van der Waals surface area contributed by atoms with Crippen LogP contribution < -0.4 is 5.32 Å². The molecule has 1 spiro atoms. The van der Waals surface area contributed by atoms with E-state index in [9.17, 15) is 4.79 Å². The van der Waals surface area contributed by atoms with Gasteiger partial charge < -0.3 is 15.2 Å². The molecule has 0 unspecified atom stereocenters. The zero-order valence-electron chi connectivity index (χ0n) is 7.58. The van der Waals surface area contributed by atoms with E-state index in [1.54, 1.807) is 0 Å². The zero-order chi connectivity index (χ0) is 9.31. The third kappa shape index (κ3) is 1.84. The van der Waals surface area contributed by atoms with Crippen LogP contribution in [0.4, 0.5) is 0 Å². The van der Waals surface area contributed by atoms with E-state index in [0.29, 0.717) is 0 Å². The third-order valence-corrected chi connectivity index (χ3v) is 3.02. The molecule has 4 nitrogen and oxygen atoms in total. The quantitative estimate of drug-likeness (QED) is 0.646. The normalized spacial score (nSPS) is 38.6. The van der Waals surface area contributed by atoms with Crippen LogP contribution in [0, 0.1) is 5.41 Å². The van der Waals surface area contributed by atoms with Crippen molar-refractivity contribution < 1.29 is 14.6 Å². The fourth-order valence-electron chi connectivity index (χ4n) is 2.31. The summed E-state index contributed by atoms with van der Waals surface area (Å²) < 4.78 is 5.48. The Labute approximate surface area is 77.3 Å². The maximum absolute atomic E-state index is 10.5. The molecule has 0 aromatic rings. The largest absolute Gasteiger partial charge is 0.481 e. The van der Waals surface area contributed by atoms with Crippen molar-refractivity contribution in [2.75, 3.05) is 19.7 Å². The minimum Gasteiger partial charge on any atom is -0.481 e. The van der Waals surface area contributed by atoms with E-state index >= 15 is 0 Å². The second-order valence-electron chi connectivity index (χ2n) is 4.16. The average Bonchev–Trinajstić information content (AvgIpc) is 2.63. The lowest BCUT2D eigenvalue weighted by molar-refractivity contribution is -0.139. The molecule has 0 aromatic carbocycles. The average molecular weight is 185 g/mol. The molecule has 0 saturated carbocycles. The van der Waals surface area contributed by atoms with Crippen LogP contribution in [-0.2, 0) is 9.53 Å². The van der Waals surface area contributed by atoms with Gasteiger partial charge in [-0.3, -0.25) is 4.79 Å². The highest BCUT2D eigenvalue weighted by atomic mass is 16.5. The van der Waals surface area contributed by atoms with E-state index in [-0.39, 0.29) is 17.9 Å². The first-order chi connectivity index (χ1) is 6.20. The van der Waals surface area contributed by atoms with E-state index in [2.05, 4.69) is 5.32 Å². The molecule has 2 fully saturated rings. The zero-order valence-corrected chi connectivity index (χ0v) is 7.58. The standard InChI is InChI=1S/C9H15NO3/c11-8(12)3-7-4-9(6-13-7)1-2-10-5-9/h7,10H,1-6H2,(H,11,12)/t7-,9-/m1/s1. The van der Waals surface area contributed by atoms with Crippen LogP contribution in [0.2, 0.25) is 0 Å². The van der Waals surface area contributed by atoms with E-state index in [1.807, 2.05) is 0 Å². The monoisotopic (exact) mass is 185 g/mol. The summed E-state index contributed by atoms with van der Waals surface area (Å²) in [5, 5.41) is 11.9. The molecule has 2 aliphatic heterocycles. The summed E-state index contributed by atoms with van der Waals surface area (Å²) in [7, 11) is 0. The van der Waals surface area contributed by atoms with Crippen molar-refractivity contribution in [1.82, 2.24) is 5.32 Å². The summed E-state index contributed by atoms with van der Waals surface area (Å²) in [6.07, 6.45) is 2.13. The number of nitrogens with one attached hydrogen (secondary N) is 1. The molecule has 0 amide bonds. The summed E-state index contributed by atoms with van der Waals surface area (Å²) in [6, 6.07) is 0. The molecule has 2 rings (SSSR count). The van der Waals surface area contributed by atoms with Gasteiger partial charge in [0.15, 0.2) is 0 Å². The van der Waals surface area contributed by atoms with Gasteiger partial charge in [0.25, 0.3) is 0 Å². The molecule has 4 heteroatoms. The first-order valence-electron chi connectivity index (χ1n) is 4.74. The maximum atomic E-state index is 10.5. The Morgan fingerprint density at radius 2 is 2.54 bits per heavy atom. The Hall–Kier alpha value is -0.610. The van der Waals surface area contributed by atoms with Crippen molar-refractivity contribution in [2.24, 2.45) is 5.41 Å². The topological polar surface area (TPSA) is 58.6 Å². The van der Waals surface area contributed by atoms with E-state index in [0.717, 1.165) is 32.5 Å². The summed E-state index contributed by atoms with van der Waals surface area (Å²) in [4.78, 5) is 10.5. The number of ether oxygens (including phenoxy) is 1. The van der Waals surface area contributed by atoms with Gasteiger partial charge in [0.05, 0.1) is 19.1 Å². The highest BCUT2D eigenvalue weighted by Gasteiger charge is 2.42. The Bertz CT molecular complexity index is 211. The maximum Gasteiger partial charge on any atom is 0.305 e. The number of carboxylic acids is 1. The minimum absolute atomic E-state index is 0.0580. The molecular formula is C9H15NO3.